The summed E-state index contributed by atoms with van der Waals surface area (Å²) in [6.07, 6.45) is 3.38. The highest BCUT2D eigenvalue weighted by atomic mass is 16.2. The Morgan fingerprint density at radius 1 is 1.17 bits per heavy atom. The van der Waals surface area contributed by atoms with Gasteiger partial charge in [-0.3, -0.25) is 4.68 Å². The Morgan fingerprint density at radius 3 is 2.38 bits per heavy atom. The summed E-state index contributed by atoms with van der Waals surface area (Å²) in [5, 5.41) is 7.73. The molecule has 0 aromatic carbocycles. The number of hydrogen-bond donors (Lipinski definition) is 1. The number of rotatable bonds is 3. The zero-order chi connectivity index (χ0) is 18.0. The van der Waals surface area contributed by atoms with E-state index in [9.17, 15) is 4.79 Å². The summed E-state index contributed by atoms with van der Waals surface area (Å²) < 4.78 is 1.98. The maximum atomic E-state index is 13.0. The Hall–Kier alpha value is -1.52. The van der Waals surface area contributed by atoms with Gasteiger partial charge in [-0.1, -0.05) is 20.8 Å². The lowest BCUT2D eigenvalue weighted by molar-refractivity contribution is 0.168. The second-order valence-electron chi connectivity index (χ2n) is 7.99. The molecule has 136 valence electrons. The van der Waals surface area contributed by atoms with Crippen LogP contribution < -0.4 is 5.32 Å². The number of nitrogens with zero attached hydrogens (tertiary/aromatic N) is 3. The van der Waals surface area contributed by atoms with Crippen molar-refractivity contribution < 1.29 is 4.79 Å². The fourth-order valence-electron chi connectivity index (χ4n) is 3.75. The van der Waals surface area contributed by atoms with Crippen molar-refractivity contribution in [1.82, 2.24) is 14.7 Å². The van der Waals surface area contributed by atoms with Crippen molar-refractivity contribution >= 4 is 11.7 Å². The average molecular weight is 335 g/mol. The summed E-state index contributed by atoms with van der Waals surface area (Å²) in [6.45, 7) is 15.8. The minimum atomic E-state index is 0.0253. The maximum absolute atomic E-state index is 13.0. The molecular weight excluding hydrogens is 300 g/mol. The standard InChI is InChI=1S/C19H34N4O/c1-12(2)17-9-8-14(5)10-11-22(17)19(24)20-18-15(6)21-23(13(3)4)16(18)7/h12-14,17H,8-11H2,1-7H3,(H,20,24)/t14-,17-/m1/s1. The van der Waals surface area contributed by atoms with E-state index < -0.39 is 0 Å². The zero-order valence-corrected chi connectivity index (χ0v) is 16.4. The minimum Gasteiger partial charge on any atom is -0.321 e. The molecule has 2 amide bonds. The third-order valence-corrected chi connectivity index (χ3v) is 5.29. The Labute approximate surface area is 146 Å². The van der Waals surface area contributed by atoms with Gasteiger partial charge < -0.3 is 10.2 Å². The first-order valence-electron chi connectivity index (χ1n) is 9.35. The van der Waals surface area contributed by atoms with E-state index in [0.29, 0.717) is 17.9 Å². The number of aromatic nitrogens is 2. The van der Waals surface area contributed by atoms with E-state index >= 15 is 0 Å². The Kier molecular flexibility index (Phi) is 5.94. The largest absolute Gasteiger partial charge is 0.322 e. The number of likely N-dealkylation sites (tertiary alicyclic amines) is 1. The molecule has 2 rings (SSSR count). The highest BCUT2D eigenvalue weighted by Gasteiger charge is 2.30. The van der Waals surface area contributed by atoms with Gasteiger partial charge in [-0.2, -0.15) is 5.10 Å². The first kappa shape index (κ1) is 18.8. The van der Waals surface area contributed by atoms with Gasteiger partial charge in [-0.15, -0.1) is 0 Å². The van der Waals surface area contributed by atoms with E-state index in [1.54, 1.807) is 0 Å². The van der Waals surface area contributed by atoms with Crippen LogP contribution in [0.1, 0.15) is 71.3 Å². The molecular formula is C19H34N4O. The van der Waals surface area contributed by atoms with Gasteiger partial charge in [-0.25, -0.2) is 4.79 Å². The summed E-state index contributed by atoms with van der Waals surface area (Å²) in [4.78, 5) is 15.1. The number of nitrogens with one attached hydrogen (secondary N) is 1. The predicted molar refractivity (Wildman–Crippen MR) is 99.5 cm³/mol. The van der Waals surface area contributed by atoms with Crippen LogP contribution in [0.5, 0.6) is 0 Å². The fraction of sp³-hybridized carbons (Fsp3) is 0.789. The number of anilines is 1. The van der Waals surface area contributed by atoms with Crippen LogP contribution in [0, 0.1) is 25.7 Å². The van der Waals surface area contributed by atoms with Crippen molar-refractivity contribution in [3.05, 3.63) is 11.4 Å². The lowest BCUT2D eigenvalue weighted by Crippen LogP contribution is -2.45. The van der Waals surface area contributed by atoms with Crippen molar-refractivity contribution in [2.24, 2.45) is 11.8 Å². The second-order valence-corrected chi connectivity index (χ2v) is 7.99. The summed E-state index contributed by atoms with van der Waals surface area (Å²) in [7, 11) is 0. The summed E-state index contributed by atoms with van der Waals surface area (Å²) in [6, 6.07) is 0.629. The van der Waals surface area contributed by atoms with E-state index in [1.807, 2.05) is 18.5 Å². The van der Waals surface area contributed by atoms with Crippen molar-refractivity contribution in [3.8, 4) is 0 Å². The number of carbonyl (C=O) groups is 1. The Bertz CT molecular complexity index is 576. The van der Waals surface area contributed by atoms with Gasteiger partial charge in [0.05, 0.1) is 17.1 Å². The van der Waals surface area contributed by atoms with Crippen LogP contribution in [0.3, 0.4) is 0 Å². The molecule has 2 atom stereocenters. The minimum absolute atomic E-state index is 0.0253. The van der Waals surface area contributed by atoms with Crippen LogP contribution in [-0.4, -0.2) is 33.3 Å². The van der Waals surface area contributed by atoms with Crippen molar-refractivity contribution in [1.29, 1.82) is 0 Å². The maximum Gasteiger partial charge on any atom is 0.322 e. The van der Waals surface area contributed by atoms with Crippen LogP contribution >= 0.6 is 0 Å². The van der Waals surface area contributed by atoms with Gasteiger partial charge >= 0.3 is 6.03 Å². The molecule has 1 fully saturated rings. The molecule has 24 heavy (non-hydrogen) atoms. The summed E-state index contributed by atoms with van der Waals surface area (Å²) in [5.74, 6) is 1.16. The number of amides is 2. The molecule has 0 aliphatic carbocycles. The van der Waals surface area contributed by atoms with Crippen LogP contribution in [0.2, 0.25) is 0 Å². The zero-order valence-electron chi connectivity index (χ0n) is 16.4. The predicted octanol–water partition coefficient (Wildman–Crippen LogP) is 4.76. The van der Waals surface area contributed by atoms with Crippen molar-refractivity contribution in [2.75, 3.05) is 11.9 Å². The van der Waals surface area contributed by atoms with E-state index in [4.69, 9.17) is 0 Å². The quantitative estimate of drug-likeness (QED) is 0.866. The van der Waals surface area contributed by atoms with Gasteiger partial charge in [0.1, 0.15) is 0 Å². The highest BCUT2D eigenvalue weighted by molar-refractivity contribution is 5.90. The second kappa shape index (κ2) is 7.58. The molecule has 0 radical (unpaired) electrons. The van der Waals surface area contributed by atoms with Gasteiger partial charge in [0.2, 0.25) is 0 Å². The third-order valence-electron chi connectivity index (χ3n) is 5.29. The number of urea groups is 1. The number of hydrogen-bond acceptors (Lipinski definition) is 2. The molecule has 5 nitrogen and oxygen atoms in total. The number of aryl methyl sites for hydroxylation is 1. The summed E-state index contributed by atoms with van der Waals surface area (Å²) in [5.41, 5.74) is 2.78. The topological polar surface area (TPSA) is 50.2 Å². The monoisotopic (exact) mass is 334 g/mol. The molecule has 1 N–H and O–H groups in total. The molecule has 0 saturated carbocycles. The van der Waals surface area contributed by atoms with Crippen LogP contribution in [0.4, 0.5) is 10.5 Å². The SMILES string of the molecule is Cc1nn(C(C)C)c(C)c1NC(=O)N1CC[C@H](C)CC[C@@H]1C(C)C. The lowest BCUT2D eigenvalue weighted by atomic mass is 9.95. The van der Waals surface area contributed by atoms with Crippen LogP contribution in [-0.2, 0) is 0 Å². The normalized spacial score (nSPS) is 22.1. The van der Waals surface area contributed by atoms with E-state index in [-0.39, 0.29) is 12.1 Å². The molecule has 0 unspecified atom stereocenters. The van der Waals surface area contributed by atoms with Crippen molar-refractivity contribution in [3.63, 3.8) is 0 Å². The molecule has 1 aromatic heterocycles. The van der Waals surface area contributed by atoms with Gasteiger partial charge in [0.15, 0.2) is 0 Å². The molecule has 1 aliphatic rings. The van der Waals surface area contributed by atoms with E-state index in [0.717, 1.165) is 36.5 Å². The number of carbonyl (C=O) groups excluding carboxylic acids is 1. The lowest BCUT2D eigenvalue weighted by Gasteiger charge is -2.33. The summed E-state index contributed by atoms with van der Waals surface area (Å²) >= 11 is 0. The molecule has 5 heteroatoms. The van der Waals surface area contributed by atoms with E-state index in [2.05, 4.69) is 49.9 Å². The average Bonchev–Trinajstić information content (AvgIpc) is 2.68. The molecule has 1 saturated heterocycles. The first-order valence-corrected chi connectivity index (χ1v) is 9.35. The van der Waals surface area contributed by atoms with Crippen LogP contribution in [0.25, 0.3) is 0 Å². The van der Waals surface area contributed by atoms with Crippen LogP contribution in [0.15, 0.2) is 0 Å². The molecule has 2 heterocycles. The third kappa shape index (κ3) is 3.93. The Balaban J connectivity index is 2.21. The van der Waals surface area contributed by atoms with Gasteiger partial charge in [0.25, 0.3) is 0 Å². The first-order chi connectivity index (χ1) is 11.2. The molecule has 0 spiro atoms. The smallest absolute Gasteiger partial charge is 0.321 e. The van der Waals surface area contributed by atoms with Crippen molar-refractivity contribution in [2.45, 2.75) is 79.8 Å². The Morgan fingerprint density at radius 2 is 1.83 bits per heavy atom. The molecule has 1 aromatic rings. The molecule has 0 bridgehead atoms. The highest BCUT2D eigenvalue weighted by Crippen LogP contribution is 2.28. The van der Waals surface area contributed by atoms with Gasteiger partial charge in [-0.05, 0) is 58.8 Å². The van der Waals surface area contributed by atoms with E-state index in [1.165, 1.54) is 6.42 Å². The van der Waals surface area contributed by atoms with Gasteiger partial charge in [0, 0.05) is 18.6 Å². The fourth-order valence-corrected chi connectivity index (χ4v) is 3.75. The molecule has 1 aliphatic heterocycles.